The van der Waals surface area contributed by atoms with E-state index in [4.69, 9.17) is 10.00 Å². The van der Waals surface area contributed by atoms with E-state index in [9.17, 15) is 13.2 Å². The molecule has 1 aromatic rings. The Morgan fingerprint density at radius 1 is 1.20 bits per heavy atom. The summed E-state index contributed by atoms with van der Waals surface area (Å²) in [6, 6.07) is 7.81. The number of nitriles is 1. The van der Waals surface area contributed by atoms with Crippen LogP contribution in [0.2, 0.25) is 0 Å². The first-order chi connectivity index (χ1) is 7.01. The van der Waals surface area contributed by atoms with Gasteiger partial charge < -0.3 is 4.74 Å². The summed E-state index contributed by atoms with van der Waals surface area (Å²) in [5.74, 6) is 0.332. The lowest BCUT2D eigenvalue weighted by molar-refractivity contribution is -0.139. The van der Waals surface area contributed by atoms with Crippen molar-refractivity contribution >= 4 is 0 Å². The molecule has 0 fully saturated rings. The molecular weight excluding hydrogens is 207 g/mol. The monoisotopic (exact) mass is 215 g/mol. The van der Waals surface area contributed by atoms with Crippen LogP contribution in [0.4, 0.5) is 13.2 Å². The van der Waals surface area contributed by atoms with E-state index in [0.29, 0.717) is 11.3 Å². The number of benzene rings is 1. The van der Waals surface area contributed by atoms with E-state index in [1.807, 2.05) is 6.07 Å². The van der Waals surface area contributed by atoms with Crippen molar-refractivity contribution in [3.05, 3.63) is 29.8 Å². The van der Waals surface area contributed by atoms with Gasteiger partial charge in [-0.1, -0.05) is 0 Å². The predicted molar refractivity (Wildman–Crippen MR) is 47.3 cm³/mol. The van der Waals surface area contributed by atoms with Crippen LogP contribution in [-0.2, 0) is 0 Å². The van der Waals surface area contributed by atoms with E-state index < -0.39 is 19.2 Å². The Kier molecular flexibility index (Phi) is 3.56. The molecule has 80 valence electrons. The highest BCUT2D eigenvalue weighted by Crippen LogP contribution is 2.20. The van der Waals surface area contributed by atoms with Gasteiger partial charge in [0.15, 0.2) is 0 Å². The van der Waals surface area contributed by atoms with Gasteiger partial charge in [-0.05, 0) is 24.3 Å². The quantitative estimate of drug-likeness (QED) is 0.776. The molecule has 0 N–H and O–H groups in total. The van der Waals surface area contributed by atoms with Crippen molar-refractivity contribution in [1.29, 1.82) is 5.26 Å². The van der Waals surface area contributed by atoms with Crippen LogP contribution in [0.3, 0.4) is 0 Å². The van der Waals surface area contributed by atoms with Gasteiger partial charge >= 0.3 is 6.18 Å². The Labute approximate surface area is 84.9 Å². The first-order valence-corrected chi connectivity index (χ1v) is 4.21. The second-order valence-electron chi connectivity index (χ2n) is 2.85. The van der Waals surface area contributed by atoms with Crippen LogP contribution in [-0.4, -0.2) is 12.8 Å². The summed E-state index contributed by atoms with van der Waals surface area (Å²) in [5.41, 5.74) is 0.443. The zero-order chi connectivity index (χ0) is 11.3. The first-order valence-electron chi connectivity index (χ1n) is 4.21. The zero-order valence-electron chi connectivity index (χ0n) is 7.71. The first kappa shape index (κ1) is 11.4. The van der Waals surface area contributed by atoms with Gasteiger partial charge in [-0.3, -0.25) is 0 Å². The number of nitrogens with zero attached hydrogens (tertiary/aromatic N) is 1. The summed E-state index contributed by atoms with van der Waals surface area (Å²) < 4.78 is 40.1. The van der Waals surface area contributed by atoms with Crippen LogP contribution in [0.1, 0.15) is 12.0 Å². The summed E-state index contributed by atoms with van der Waals surface area (Å²) in [5, 5.41) is 8.47. The third kappa shape index (κ3) is 4.36. The lowest BCUT2D eigenvalue weighted by atomic mass is 10.2. The van der Waals surface area contributed by atoms with E-state index in [2.05, 4.69) is 0 Å². The molecule has 0 saturated carbocycles. The summed E-state index contributed by atoms with van der Waals surface area (Å²) in [6.07, 6.45) is -5.18. The van der Waals surface area contributed by atoms with Crippen LogP contribution in [0, 0.1) is 11.3 Å². The maximum absolute atomic E-state index is 11.8. The Morgan fingerprint density at radius 3 is 2.27 bits per heavy atom. The maximum Gasteiger partial charge on any atom is 0.392 e. The molecule has 0 heterocycles. The molecule has 1 rings (SSSR count). The van der Waals surface area contributed by atoms with Crippen molar-refractivity contribution in [2.45, 2.75) is 12.6 Å². The molecule has 0 aromatic heterocycles. The van der Waals surface area contributed by atoms with E-state index in [1.165, 1.54) is 24.3 Å². The number of hydrogen-bond donors (Lipinski definition) is 0. The molecule has 0 spiro atoms. The Balaban J connectivity index is 2.42. The highest BCUT2D eigenvalue weighted by Gasteiger charge is 2.26. The average molecular weight is 215 g/mol. The van der Waals surface area contributed by atoms with Gasteiger partial charge in [0, 0.05) is 0 Å². The normalized spacial score (nSPS) is 10.8. The minimum Gasteiger partial charge on any atom is -0.493 e. The molecule has 0 atom stereocenters. The molecule has 15 heavy (non-hydrogen) atoms. The van der Waals surface area contributed by atoms with E-state index in [1.54, 1.807) is 0 Å². The smallest absolute Gasteiger partial charge is 0.392 e. The highest BCUT2D eigenvalue weighted by molar-refractivity contribution is 5.34. The minimum atomic E-state index is -4.20. The Morgan fingerprint density at radius 2 is 1.80 bits per heavy atom. The van der Waals surface area contributed by atoms with Gasteiger partial charge in [-0.25, -0.2) is 0 Å². The topological polar surface area (TPSA) is 33.0 Å². The van der Waals surface area contributed by atoms with E-state index in [0.717, 1.165) is 0 Å². The second-order valence-corrected chi connectivity index (χ2v) is 2.85. The fourth-order valence-electron chi connectivity index (χ4n) is 0.910. The summed E-state index contributed by atoms with van der Waals surface area (Å²) in [4.78, 5) is 0. The molecule has 0 saturated heterocycles. The van der Waals surface area contributed by atoms with Crippen molar-refractivity contribution in [3.63, 3.8) is 0 Å². The summed E-state index contributed by atoms with van der Waals surface area (Å²) in [7, 11) is 0. The molecule has 2 nitrogen and oxygen atoms in total. The predicted octanol–water partition coefficient (Wildman–Crippen LogP) is 2.89. The van der Waals surface area contributed by atoms with Gasteiger partial charge in [0.25, 0.3) is 0 Å². The van der Waals surface area contributed by atoms with Crippen LogP contribution >= 0.6 is 0 Å². The average Bonchev–Trinajstić information content (AvgIpc) is 2.17. The lowest BCUT2D eigenvalue weighted by Crippen LogP contribution is -2.12. The molecule has 0 unspecified atom stereocenters. The molecule has 0 radical (unpaired) electrons. The van der Waals surface area contributed by atoms with Gasteiger partial charge in [0.1, 0.15) is 5.75 Å². The van der Waals surface area contributed by atoms with Gasteiger partial charge in [0.2, 0.25) is 0 Å². The Hall–Kier alpha value is -1.70. The fourth-order valence-corrected chi connectivity index (χ4v) is 0.910. The molecule has 0 aliphatic heterocycles. The molecule has 0 aliphatic rings. The second kappa shape index (κ2) is 4.69. The minimum absolute atomic E-state index is 0.332. The molecule has 5 heteroatoms. The number of hydrogen-bond acceptors (Lipinski definition) is 2. The van der Waals surface area contributed by atoms with Crippen LogP contribution < -0.4 is 4.74 Å². The van der Waals surface area contributed by atoms with Crippen molar-refractivity contribution in [1.82, 2.24) is 0 Å². The fraction of sp³-hybridized carbons (Fsp3) is 0.300. The molecule has 0 amide bonds. The molecule has 0 aliphatic carbocycles. The van der Waals surface area contributed by atoms with Crippen molar-refractivity contribution in [3.8, 4) is 11.8 Å². The summed E-state index contributed by atoms with van der Waals surface area (Å²) >= 11 is 0. The Bertz CT molecular complexity index is 350. The van der Waals surface area contributed by atoms with Gasteiger partial charge in [-0.15, -0.1) is 0 Å². The maximum atomic E-state index is 11.8. The summed E-state index contributed by atoms with van der Waals surface area (Å²) in [6.45, 7) is -0.407. The zero-order valence-corrected chi connectivity index (χ0v) is 7.71. The van der Waals surface area contributed by atoms with Crippen molar-refractivity contribution < 1.29 is 17.9 Å². The van der Waals surface area contributed by atoms with Crippen LogP contribution in [0.15, 0.2) is 24.3 Å². The van der Waals surface area contributed by atoms with E-state index in [-0.39, 0.29) is 0 Å². The SMILES string of the molecule is N#Cc1ccc(OCCC(F)(F)F)cc1. The van der Waals surface area contributed by atoms with E-state index >= 15 is 0 Å². The van der Waals surface area contributed by atoms with Gasteiger partial charge in [0.05, 0.1) is 24.7 Å². The molecular formula is C10H8F3NO. The van der Waals surface area contributed by atoms with Gasteiger partial charge in [-0.2, -0.15) is 18.4 Å². The van der Waals surface area contributed by atoms with Crippen molar-refractivity contribution in [2.24, 2.45) is 0 Å². The number of halogens is 3. The van der Waals surface area contributed by atoms with Crippen molar-refractivity contribution in [2.75, 3.05) is 6.61 Å². The molecule has 0 bridgehead atoms. The highest BCUT2D eigenvalue weighted by atomic mass is 19.4. The third-order valence-corrected chi connectivity index (χ3v) is 1.64. The third-order valence-electron chi connectivity index (χ3n) is 1.64. The standard InChI is InChI=1S/C10H8F3NO/c11-10(12,13)5-6-15-9-3-1-8(7-14)2-4-9/h1-4H,5-6H2. The number of alkyl halides is 3. The van der Waals surface area contributed by atoms with Crippen LogP contribution in [0.5, 0.6) is 5.75 Å². The number of ether oxygens (including phenoxy) is 1. The number of rotatable bonds is 3. The largest absolute Gasteiger partial charge is 0.493 e. The van der Waals surface area contributed by atoms with Crippen LogP contribution in [0.25, 0.3) is 0 Å². The lowest BCUT2D eigenvalue weighted by Gasteiger charge is -2.08. The molecule has 1 aromatic carbocycles.